The fraction of sp³-hybridized carbons (Fsp3) is 0.615. The van der Waals surface area contributed by atoms with Gasteiger partial charge in [-0.2, -0.15) is 5.26 Å². The van der Waals surface area contributed by atoms with E-state index >= 15 is 0 Å². The first-order valence-electron chi connectivity index (χ1n) is 6.27. The number of imidazole rings is 1. The van der Waals surface area contributed by atoms with Gasteiger partial charge in [-0.25, -0.2) is 13.9 Å². The van der Waals surface area contributed by atoms with Gasteiger partial charge in [0.1, 0.15) is 18.4 Å². The number of aryl methyl sites for hydroxylation is 2. The van der Waals surface area contributed by atoms with Crippen LogP contribution in [0.5, 0.6) is 0 Å². The second-order valence-corrected chi connectivity index (χ2v) is 4.35. The third kappa shape index (κ3) is 3.59. The molecule has 0 aromatic carbocycles. The van der Waals surface area contributed by atoms with E-state index in [0.717, 1.165) is 30.8 Å². The van der Waals surface area contributed by atoms with E-state index < -0.39 is 5.97 Å². The molecule has 18 heavy (non-hydrogen) atoms. The number of hydrogen-bond acceptors (Lipinski definition) is 2. The summed E-state index contributed by atoms with van der Waals surface area (Å²) in [5.74, 6) is 0.0673. The molecule has 0 atom stereocenters. The Bertz CT molecular complexity index is 458. The Morgan fingerprint density at radius 2 is 2.33 bits per heavy atom. The van der Waals surface area contributed by atoms with Gasteiger partial charge in [0.25, 0.3) is 5.82 Å². The van der Waals surface area contributed by atoms with Crippen LogP contribution >= 0.6 is 0 Å². The fourth-order valence-corrected chi connectivity index (χ4v) is 2.01. The van der Waals surface area contributed by atoms with Gasteiger partial charge in [0.05, 0.1) is 12.5 Å². The first-order valence-corrected chi connectivity index (χ1v) is 6.27. The largest absolute Gasteiger partial charge is 0.478 e. The van der Waals surface area contributed by atoms with Gasteiger partial charge in [-0.05, 0) is 6.42 Å². The highest BCUT2D eigenvalue weighted by molar-refractivity contribution is 5.66. The molecule has 0 fully saturated rings. The Hall–Kier alpha value is -1.83. The summed E-state index contributed by atoms with van der Waals surface area (Å²) in [6.07, 6.45) is 5.42. The van der Waals surface area contributed by atoms with Crippen LogP contribution in [0.2, 0.25) is 0 Å². The van der Waals surface area contributed by atoms with Gasteiger partial charge in [0, 0.05) is 13.3 Å². The number of aliphatic carboxylic acids is 1. The average Bonchev–Trinajstić information content (AvgIpc) is 2.61. The number of rotatable bonds is 7. The minimum Gasteiger partial charge on any atom is -0.478 e. The summed E-state index contributed by atoms with van der Waals surface area (Å²) < 4.78 is 3.80. The van der Waals surface area contributed by atoms with Crippen molar-refractivity contribution in [2.45, 2.75) is 52.6 Å². The van der Waals surface area contributed by atoms with Crippen LogP contribution in [0.15, 0.2) is 6.20 Å². The fourth-order valence-electron chi connectivity index (χ4n) is 2.01. The molecule has 0 unspecified atom stereocenters. The Balaban J connectivity index is 2.98. The van der Waals surface area contributed by atoms with Crippen LogP contribution in [0.25, 0.3) is 0 Å². The van der Waals surface area contributed by atoms with Crippen LogP contribution in [-0.2, 0) is 24.3 Å². The van der Waals surface area contributed by atoms with Gasteiger partial charge in [0.2, 0.25) is 0 Å². The molecule has 0 spiro atoms. The van der Waals surface area contributed by atoms with Gasteiger partial charge >= 0.3 is 5.97 Å². The number of carboxylic acids is 1. The third-order valence-corrected chi connectivity index (χ3v) is 3.00. The molecule has 0 radical (unpaired) electrons. The van der Waals surface area contributed by atoms with Gasteiger partial charge in [-0.1, -0.05) is 13.3 Å². The van der Waals surface area contributed by atoms with Gasteiger partial charge in [-0.3, -0.25) is 0 Å². The molecular weight excluding hydrogens is 230 g/mol. The van der Waals surface area contributed by atoms with E-state index in [1.807, 2.05) is 22.3 Å². The van der Waals surface area contributed by atoms with E-state index in [2.05, 4.69) is 13.0 Å². The Morgan fingerprint density at radius 3 is 2.89 bits per heavy atom. The molecule has 0 amide bonds. The average molecular weight is 250 g/mol. The zero-order valence-corrected chi connectivity index (χ0v) is 11.0. The zero-order valence-electron chi connectivity index (χ0n) is 11.0. The van der Waals surface area contributed by atoms with Crippen molar-refractivity contribution in [2.24, 2.45) is 0 Å². The number of hydrogen-bond donors (Lipinski definition) is 1. The number of carbonyl (C=O) groups is 1. The van der Waals surface area contributed by atoms with Gasteiger partial charge in [0.15, 0.2) is 6.54 Å². The zero-order chi connectivity index (χ0) is 13.5. The van der Waals surface area contributed by atoms with Crippen molar-refractivity contribution in [1.82, 2.24) is 4.57 Å². The van der Waals surface area contributed by atoms with Crippen LogP contribution in [0, 0.1) is 18.3 Å². The van der Waals surface area contributed by atoms with Crippen molar-refractivity contribution in [2.75, 3.05) is 0 Å². The summed E-state index contributed by atoms with van der Waals surface area (Å²) in [4.78, 5) is 10.9. The summed E-state index contributed by atoms with van der Waals surface area (Å²) in [5.41, 5.74) is 1.04. The third-order valence-electron chi connectivity index (χ3n) is 3.00. The summed E-state index contributed by atoms with van der Waals surface area (Å²) in [6.45, 7) is 4.62. The number of nitrogens with zero attached hydrogens (tertiary/aromatic N) is 3. The van der Waals surface area contributed by atoms with E-state index in [4.69, 9.17) is 10.4 Å². The second-order valence-electron chi connectivity index (χ2n) is 4.35. The van der Waals surface area contributed by atoms with Crippen molar-refractivity contribution in [3.05, 3.63) is 17.7 Å². The lowest BCUT2D eigenvalue weighted by Crippen LogP contribution is -2.35. The molecule has 98 valence electrons. The maximum absolute atomic E-state index is 10.9. The van der Waals surface area contributed by atoms with E-state index in [1.165, 1.54) is 0 Å². The van der Waals surface area contributed by atoms with Crippen LogP contribution in [0.1, 0.15) is 37.7 Å². The Labute approximate surface area is 107 Å². The minimum absolute atomic E-state index is 0.00949. The van der Waals surface area contributed by atoms with Crippen molar-refractivity contribution in [3.8, 4) is 6.07 Å². The first-order chi connectivity index (χ1) is 8.60. The Kier molecular flexibility index (Phi) is 5.37. The summed E-state index contributed by atoms with van der Waals surface area (Å²) in [5, 5.41) is 17.6. The molecular formula is C13H20N3O2+. The highest BCUT2D eigenvalue weighted by atomic mass is 16.4. The van der Waals surface area contributed by atoms with Gasteiger partial charge < -0.3 is 5.11 Å². The summed E-state index contributed by atoms with van der Waals surface area (Å²) in [6, 6.07) is 2.11. The summed E-state index contributed by atoms with van der Waals surface area (Å²) in [7, 11) is 0. The first kappa shape index (κ1) is 14.2. The highest BCUT2D eigenvalue weighted by Gasteiger charge is 2.21. The van der Waals surface area contributed by atoms with Crippen LogP contribution < -0.4 is 4.57 Å². The quantitative estimate of drug-likeness (QED) is 0.744. The van der Waals surface area contributed by atoms with E-state index in [9.17, 15) is 4.79 Å². The molecule has 1 aromatic heterocycles. The molecule has 0 saturated carbocycles. The van der Waals surface area contributed by atoms with Crippen molar-refractivity contribution in [3.63, 3.8) is 0 Å². The molecule has 1 heterocycles. The van der Waals surface area contributed by atoms with Crippen molar-refractivity contribution >= 4 is 5.97 Å². The normalized spacial score (nSPS) is 10.3. The molecule has 0 bridgehead atoms. The standard InChI is InChI=1S/C13H19N3O2/c1-3-4-6-12-9-15(8-5-7-14)11(2)16(12)10-13(17)18/h9H,3-6,8,10H2,1-2H3/p+1. The number of carboxylic acid groups (broad SMARTS) is 1. The predicted molar refractivity (Wildman–Crippen MR) is 65.8 cm³/mol. The number of unbranched alkanes of at least 4 members (excludes halogenated alkanes) is 1. The van der Waals surface area contributed by atoms with Crippen molar-refractivity contribution in [1.29, 1.82) is 5.26 Å². The lowest BCUT2D eigenvalue weighted by molar-refractivity contribution is -0.701. The van der Waals surface area contributed by atoms with Crippen LogP contribution in [0.3, 0.4) is 0 Å². The monoisotopic (exact) mass is 250 g/mol. The lowest BCUT2D eigenvalue weighted by atomic mass is 10.2. The molecule has 1 aromatic rings. The predicted octanol–water partition coefficient (Wildman–Crippen LogP) is 1.42. The van der Waals surface area contributed by atoms with Crippen molar-refractivity contribution < 1.29 is 14.5 Å². The lowest BCUT2D eigenvalue weighted by Gasteiger charge is -2.00. The van der Waals surface area contributed by atoms with Crippen LogP contribution in [0.4, 0.5) is 0 Å². The number of nitriles is 1. The molecule has 0 aliphatic heterocycles. The smallest absolute Gasteiger partial charge is 0.346 e. The molecule has 5 nitrogen and oxygen atoms in total. The SMILES string of the molecule is CCCCc1c[n+](CCC#N)c(C)n1CC(=O)O. The molecule has 0 saturated heterocycles. The second kappa shape index (κ2) is 6.80. The molecule has 5 heteroatoms. The van der Waals surface area contributed by atoms with Gasteiger partial charge in [-0.15, -0.1) is 0 Å². The van der Waals surface area contributed by atoms with E-state index in [-0.39, 0.29) is 6.54 Å². The molecule has 1 rings (SSSR count). The Morgan fingerprint density at radius 1 is 1.61 bits per heavy atom. The van der Waals surface area contributed by atoms with E-state index in [0.29, 0.717) is 13.0 Å². The van der Waals surface area contributed by atoms with Crippen LogP contribution in [-0.4, -0.2) is 15.6 Å². The maximum atomic E-state index is 10.9. The van der Waals surface area contributed by atoms with E-state index in [1.54, 1.807) is 0 Å². The summed E-state index contributed by atoms with van der Waals surface area (Å²) >= 11 is 0. The molecule has 1 N–H and O–H groups in total. The molecule has 0 aliphatic carbocycles. The minimum atomic E-state index is -0.834. The highest BCUT2D eigenvalue weighted by Crippen LogP contribution is 2.08. The number of aromatic nitrogens is 2. The maximum Gasteiger partial charge on any atom is 0.346 e. The molecule has 0 aliphatic rings. The topological polar surface area (TPSA) is 69.9 Å².